The van der Waals surface area contributed by atoms with Gasteiger partial charge in [0.05, 0.1) is 42.6 Å². The normalized spacial score (nSPS) is 21.3. The minimum Gasteiger partial charge on any atom is -0.454 e. The van der Waals surface area contributed by atoms with Crippen LogP contribution in [0.15, 0.2) is 127 Å². The summed E-state index contributed by atoms with van der Waals surface area (Å²) in [5, 5.41) is 9.84. The van der Waals surface area contributed by atoms with Gasteiger partial charge in [-0.1, -0.05) is 91.9 Å². The van der Waals surface area contributed by atoms with Crippen LogP contribution in [0.4, 0.5) is 21.2 Å². The van der Waals surface area contributed by atoms with Crippen molar-refractivity contribution < 1.29 is 33.1 Å². The van der Waals surface area contributed by atoms with E-state index in [1.807, 2.05) is 116 Å². The van der Waals surface area contributed by atoms with Gasteiger partial charge in [0.15, 0.2) is 11.4 Å². The van der Waals surface area contributed by atoms with Crippen LogP contribution in [0.2, 0.25) is 18.6 Å². The summed E-state index contributed by atoms with van der Waals surface area (Å²) in [5.74, 6) is -0.312. The molecule has 0 bridgehead atoms. The van der Waals surface area contributed by atoms with Crippen LogP contribution in [0.5, 0.6) is 11.5 Å². The molecule has 1 fully saturated rings. The highest BCUT2D eigenvalue weighted by Gasteiger charge is 2.67. The molecule has 1 N–H and O–H groups in total. The Balaban J connectivity index is 1.08. The third-order valence-electron chi connectivity index (χ3n) is 11.4. The number of nitrogens with zero attached hydrogens (tertiary/aromatic N) is 3. The third kappa shape index (κ3) is 6.49. The fraction of sp³-hybridized carbons (Fsp3) is 0.267. The van der Waals surface area contributed by atoms with E-state index in [0.29, 0.717) is 46.2 Å². The Hall–Kier alpha value is -5.62. The smallest absolute Gasteiger partial charge is 0.266 e. The van der Waals surface area contributed by atoms with Crippen molar-refractivity contribution >= 4 is 43.2 Å². The van der Waals surface area contributed by atoms with Crippen LogP contribution < -0.4 is 14.5 Å². The Morgan fingerprint density at radius 3 is 2.18 bits per heavy atom. The molecule has 9 nitrogen and oxygen atoms in total. The summed E-state index contributed by atoms with van der Waals surface area (Å²) in [5.41, 5.74) is 2.61. The average molecular weight is 770 g/mol. The van der Waals surface area contributed by atoms with E-state index in [9.17, 15) is 19.5 Å². The number of fused-ring (bicyclic) bond motifs is 4. The van der Waals surface area contributed by atoms with Crippen molar-refractivity contribution in [1.29, 1.82) is 0 Å². The molecular formula is C45H44FN3O6Si. The average Bonchev–Trinajstić information content (AvgIpc) is 3.57. The number of rotatable bonds is 10. The second-order valence-corrected chi connectivity index (χ2v) is 19.1. The van der Waals surface area contributed by atoms with Crippen molar-refractivity contribution in [3.05, 3.63) is 150 Å². The second-order valence-electron chi connectivity index (χ2n) is 15.3. The number of aliphatic hydroxyl groups is 1. The number of hydrogen-bond acceptors (Lipinski definition) is 6. The standard InChI is InChI=1S/C45H44FN3O6Si/c1-30-42(56(2,3)46)40(27-41(51)47(25-26-50)28-31-13-5-4-6-14-31)55-45(30)35-16-8-9-17-36(35)48(44(45)53)29-32-21-23-33(24-22-32)49-37-18-10-12-20-39(37)54-38-19-11-7-15-34(38)43(49)52/h4-24,30,40,42,50H,25-29H2,1-3H3/t30-,40+,42-,45+/m1/s1. The zero-order valence-corrected chi connectivity index (χ0v) is 32.6. The van der Waals surface area contributed by atoms with Crippen LogP contribution in [0.3, 0.4) is 0 Å². The number of anilines is 3. The number of benzene rings is 5. The van der Waals surface area contributed by atoms with Gasteiger partial charge in [0, 0.05) is 35.8 Å². The van der Waals surface area contributed by atoms with Crippen LogP contribution in [0, 0.1) is 5.92 Å². The summed E-state index contributed by atoms with van der Waals surface area (Å²) in [6, 6.07) is 39.1. The van der Waals surface area contributed by atoms with Gasteiger partial charge in [-0.25, -0.2) is 0 Å². The van der Waals surface area contributed by atoms with E-state index in [0.717, 1.165) is 11.1 Å². The molecule has 3 aliphatic rings. The minimum absolute atomic E-state index is 0.116. The van der Waals surface area contributed by atoms with Gasteiger partial charge >= 0.3 is 0 Å². The van der Waals surface area contributed by atoms with Gasteiger partial charge < -0.3 is 28.5 Å². The molecule has 0 aromatic heterocycles. The maximum atomic E-state index is 16.5. The Kier molecular flexibility index (Phi) is 9.86. The third-order valence-corrected chi connectivity index (χ3v) is 13.8. The van der Waals surface area contributed by atoms with Crippen molar-refractivity contribution in [2.45, 2.75) is 56.8 Å². The van der Waals surface area contributed by atoms with E-state index in [1.165, 1.54) is 0 Å². The van der Waals surface area contributed by atoms with Crippen LogP contribution >= 0.6 is 0 Å². The molecule has 4 atom stereocenters. The summed E-state index contributed by atoms with van der Waals surface area (Å²) in [4.78, 5) is 47.7. The number of carbonyl (C=O) groups excluding carboxylic acids is 3. The summed E-state index contributed by atoms with van der Waals surface area (Å²) in [6.45, 7) is 5.51. The number of amides is 3. The first-order chi connectivity index (χ1) is 27.0. The molecule has 3 aliphatic heterocycles. The lowest BCUT2D eigenvalue weighted by Gasteiger charge is -2.31. The number of carbonyl (C=O) groups is 3. The molecule has 5 aromatic carbocycles. The molecule has 8 rings (SSSR count). The summed E-state index contributed by atoms with van der Waals surface area (Å²) in [7, 11) is -3.52. The molecule has 1 saturated heterocycles. The molecule has 0 aliphatic carbocycles. The molecule has 56 heavy (non-hydrogen) atoms. The van der Waals surface area contributed by atoms with Gasteiger partial charge in [-0.3, -0.25) is 19.3 Å². The van der Waals surface area contributed by atoms with Crippen molar-refractivity contribution in [2.75, 3.05) is 23.0 Å². The fourth-order valence-corrected chi connectivity index (χ4v) is 11.4. The van der Waals surface area contributed by atoms with Gasteiger partial charge in [0.2, 0.25) is 14.3 Å². The van der Waals surface area contributed by atoms with Gasteiger partial charge in [0.1, 0.15) is 5.75 Å². The highest BCUT2D eigenvalue weighted by Crippen LogP contribution is 2.60. The van der Waals surface area contributed by atoms with Crippen molar-refractivity contribution in [3.8, 4) is 11.5 Å². The Labute approximate surface area is 327 Å². The first-order valence-corrected chi connectivity index (χ1v) is 22.0. The second kappa shape index (κ2) is 14.8. The lowest BCUT2D eigenvalue weighted by molar-refractivity contribution is -0.150. The molecule has 3 heterocycles. The van der Waals surface area contributed by atoms with Crippen LogP contribution in [-0.2, 0) is 33.0 Å². The first kappa shape index (κ1) is 37.3. The summed E-state index contributed by atoms with van der Waals surface area (Å²) >= 11 is 0. The van der Waals surface area contributed by atoms with Crippen LogP contribution in [0.25, 0.3) is 0 Å². The molecule has 1 spiro atoms. The lowest BCUT2D eigenvalue weighted by Crippen LogP contribution is -2.45. The number of halogens is 1. The van der Waals surface area contributed by atoms with Crippen molar-refractivity contribution in [2.24, 2.45) is 5.92 Å². The van der Waals surface area contributed by atoms with Crippen LogP contribution in [-0.4, -0.2) is 55.4 Å². The molecule has 11 heteroatoms. The van der Waals surface area contributed by atoms with E-state index in [2.05, 4.69) is 0 Å². The molecular weight excluding hydrogens is 726 g/mol. The molecule has 0 saturated carbocycles. The Morgan fingerprint density at radius 2 is 1.46 bits per heavy atom. The number of para-hydroxylation sites is 4. The first-order valence-electron chi connectivity index (χ1n) is 19.0. The Morgan fingerprint density at radius 1 is 0.821 bits per heavy atom. The zero-order chi connectivity index (χ0) is 39.2. The van der Waals surface area contributed by atoms with E-state index < -0.39 is 31.6 Å². The van der Waals surface area contributed by atoms with Crippen molar-refractivity contribution in [3.63, 3.8) is 0 Å². The minimum atomic E-state index is -3.52. The van der Waals surface area contributed by atoms with E-state index in [-0.39, 0.29) is 43.8 Å². The van der Waals surface area contributed by atoms with Crippen molar-refractivity contribution in [1.82, 2.24) is 4.90 Å². The van der Waals surface area contributed by atoms with E-state index in [1.54, 1.807) is 46.0 Å². The highest BCUT2D eigenvalue weighted by molar-refractivity contribution is 6.72. The Bertz CT molecular complexity index is 2280. The fourth-order valence-electron chi connectivity index (χ4n) is 8.87. The highest BCUT2D eigenvalue weighted by atomic mass is 28.4. The van der Waals surface area contributed by atoms with Gasteiger partial charge in [-0.2, -0.15) is 0 Å². The number of hydrogen-bond donors (Lipinski definition) is 1. The lowest BCUT2D eigenvalue weighted by atomic mass is 9.82. The van der Waals surface area contributed by atoms with Gasteiger partial charge in [-0.05, 0) is 66.7 Å². The molecule has 3 amide bonds. The predicted octanol–water partition coefficient (Wildman–Crippen LogP) is 8.50. The maximum Gasteiger partial charge on any atom is 0.266 e. The largest absolute Gasteiger partial charge is 0.454 e. The topological polar surface area (TPSA) is 99.6 Å². The SMILES string of the molecule is C[C@@H]1[C@@H]([Si](C)(C)F)[C@H](CC(=O)N(CCO)Cc2ccccc2)O[C@@]12C(=O)N(Cc1ccc(N3C(=O)c4ccccc4Oc4ccccc43)cc1)c1ccccc12. The van der Waals surface area contributed by atoms with E-state index in [4.69, 9.17) is 9.47 Å². The van der Waals surface area contributed by atoms with Gasteiger partial charge in [0.25, 0.3) is 11.8 Å². The predicted molar refractivity (Wildman–Crippen MR) is 215 cm³/mol. The van der Waals surface area contributed by atoms with Gasteiger partial charge in [-0.15, -0.1) is 0 Å². The molecule has 0 unspecified atom stereocenters. The zero-order valence-electron chi connectivity index (χ0n) is 31.6. The van der Waals surface area contributed by atoms with E-state index >= 15 is 4.11 Å². The quantitative estimate of drug-likeness (QED) is 0.113. The number of ether oxygens (including phenoxy) is 2. The summed E-state index contributed by atoms with van der Waals surface area (Å²) in [6.07, 6.45) is -0.963. The molecule has 5 aromatic rings. The molecule has 286 valence electrons. The maximum absolute atomic E-state index is 16.5. The summed E-state index contributed by atoms with van der Waals surface area (Å²) < 4.78 is 29.5. The molecule has 0 radical (unpaired) electrons. The monoisotopic (exact) mass is 769 g/mol. The number of aliphatic hydroxyl groups excluding tert-OH is 1. The van der Waals surface area contributed by atoms with Crippen LogP contribution in [0.1, 0.15) is 40.4 Å².